The number of nitrogens with two attached hydrogens (primary N) is 1. The highest BCUT2D eigenvalue weighted by molar-refractivity contribution is 6.08. The minimum absolute atomic E-state index is 0.208. The topological polar surface area (TPSA) is 160 Å². The lowest BCUT2D eigenvalue weighted by atomic mass is 10.1. The highest BCUT2D eigenvalue weighted by Gasteiger charge is 2.17. The Bertz CT molecular complexity index is 1420. The van der Waals surface area contributed by atoms with Crippen molar-refractivity contribution in [3.05, 3.63) is 63.3 Å². The molecule has 11 nitrogen and oxygen atoms in total. The maximum atomic E-state index is 11.6. The molecule has 0 radical (unpaired) electrons. The summed E-state index contributed by atoms with van der Waals surface area (Å²) >= 11 is 0. The minimum atomic E-state index is -0.379. The van der Waals surface area contributed by atoms with Gasteiger partial charge in [-0.2, -0.15) is 5.10 Å². The maximum Gasteiger partial charge on any atom is 0.296 e. The molecule has 0 saturated heterocycles. The Balaban J connectivity index is 0.000000125. The molecule has 0 atom stereocenters. The zero-order valence-corrected chi connectivity index (χ0v) is 14.7. The quantitative estimate of drug-likeness (QED) is 0.293. The predicted octanol–water partition coefficient (Wildman–Crippen LogP) is 1.07. The van der Waals surface area contributed by atoms with Crippen molar-refractivity contribution in [2.24, 2.45) is 0 Å². The number of hydrogen-bond acceptors (Lipinski definition) is 11. The van der Waals surface area contributed by atoms with Gasteiger partial charge in [-0.3, -0.25) is 20.4 Å². The summed E-state index contributed by atoms with van der Waals surface area (Å²) in [6.45, 7) is 0. The van der Waals surface area contributed by atoms with Crippen molar-refractivity contribution < 1.29 is 0 Å². The molecule has 2 aromatic carbocycles. The number of hydrogen-bond donors (Lipinski definition) is 5. The van der Waals surface area contributed by atoms with Gasteiger partial charge in [-0.05, 0) is 24.3 Å². The lowest BCUT2D eigenvalue weighted by Crippen LogP contribution is -2.06. The lowest BCUT2D eigenvalue weighted by molar-refractivity contribution is 1.02. The average Bonchev–Trinajstić information content (AvgIpc) is 3.28. The number of anilines is 5. The van der Waals surface area contributed by atoms with Gasteiger partial charge in [-0.1, -0.05) is 12.1 Å². The standard InChI is InChI=1S/C9H7N5O.C9H6N4O/c10-8-7-6-4(9(15)14-13-8)2-1-3-5(6)11-12-7;14-9-5-2-1-3-6-8(5)7(12-11-6)4-10-13-9/h1-3,11-12H,10H2;1-4,11-12H. The molecule has 2 aromatic heterocycles. The molecule has 0 aliphatic carbocycles. The zero-order valence-electron chi connectivity index (χ0n) is 14.7. The van der Waals surface area contributed by atoms with Crippen LogP contribution in [0.4, 0.5) is 28.6 Å². The number of nitrogens with one attached hydrogen (secondary N) is 4. The molecule has 0 saturated carbocycles. The van der Waals surface area contributed by atoms with Gasteiger partial charge < -0.3 is 16.6 Å². The molecule has 2 aliphatic rings. The molecule has 11 heteroatoms. The summed E-state index contributed by atoms with van der Waals surface area (Å²) in [6, 6.07) is 10.8. The van der Waals surface area contributed by atoms with Crippen LogP contribution in [0.1, 0.15) is 0 Å². The molecule has 4 aromatic rings. The first-order chi connectivity index (χ1) is 14.1. The van der Waals surface area contributed by atoms with E-state index in [2.05, 4.69) is 42.1 Å². The van der Waals surface area contributed by atoms with Crippen LogP contribution < -0.4 is 38.6 Å². The predicted molar refractivity (Wildman–Crippen MR) is 111 cm³/mol. The number of aromatic nitrogens is 4. The molecule has 0 spiro atoms. The van der Waals surface area contributed by atoms with E-state index < -0.39 is 0 Å². The zero-order chi connectivity index (χ0) is 20.0. The fourth-order valence-electron chi connectivity index (χ4n) is 3.30. The molecule has 0 fully saturated rings. The second-order valence-electron chi connectivity index (χ2n) is 6.29. The highest BCUT2D eigenvalue weighted by atomic mass is 16.1. The van der Waals surface area contributed by atoms with Gasteiger partial charge in [0.15, 0.2) is 5.82 Å². The van der Waals surface area contributed by atoms with E-state index in [4.69, 9.17) is 5.73 Å². The Morgan fingerprint density at radius 3 is 2.10 bits per heavy atom. The van der Waals surface area contributed by atoms with Crippen molar-refractivity contribution in [2.45, 2.75) is 0 Å². The largest absolute Gasteiger partial charge is 0.380 e. The highest BCUT2D eigenvalue weighted by Crippen LogP contribution is 2.35. The Hall–Kier alpha value is -4.54. The molecule has 142 valence electrons. The van der Waals surface area contributed by atoms with Crippen LogP contribution >= 0.6 is 0 Å². The van der Waals surface area contributed by atoms with E-state index in [0.717, 1.165) is 27.8 Å². The number of nitrogens with zero attached hydrogens (tertiary/aromatic N) is 4. The third-order valence-electron chi connectivity index (χ3n) is 4.60. The molecule has 0 unspecified atom stereocenters. The maximum absolute atomic E-state index is 11.6. The molecular weight excluding hydrogens is 374 g/mol. The van der Waals surface area contributed by atoms with Crippen molar-refractivity contribution in [1.82, 2.24) is 20.4 Å². The summed E-state index contributed by atoms with van der Waals surface area (Å²) in [5.41, 5.74) is 19.7. The molecule has 6 rings (SSSR count). The van der Waals surface area contributed by atoms with E-state index >= 15 is 0 Å². The third kappa shape index (κ3) is 2.60. The van der Waals surface area contributed by atoms with Gasteiger partial charge in [0.05, 0.1) is 34.0 Å². The molecule has 29 heavy (non-hydrogen) atoms. The number of benzene rings is 2. The Kier molecular flexibility index (Phi) is 3.59. The summed E-state index contributed by atoms with van der Waals surface area (Å²) < 4.78 is 0. The van der Waals surface area contributed by atoms with Crippen molar-refractivity contribution in [3.63, 3.8) is 0 Å². The first-order valence-electron chi connectivity index (χ1n) is 8.55. The second kappa shape index (κ2) is 6.27. The smallest absolute Gasteiger partial charge is 0.296 e. The molecule has 4 heterocycles. The van der Waals surface area contributed by atoms with E-state index in [1.54, 1.807) is 18.2 Å². The normalized spacial score (nSPS) is 12.3. The van der Waals surface area contributed by atoms with Crippen LogP contribution in [0, 0.1) is 0 Å². The minimum Gasteiger partial charge on any atom is -0.380 e. The Morgan fingerprint density at radius 1 is 0.690 bits per heavy atom. The van der Waals surface area contributed by atoms with Crippen LogP contribution in [-0.2, 0) is 0 Å². The second-order valence-corrected chi connectivity index (χ2v) is 6.29. The van der Waals surface area contributed by atoms with Crippen LogP contribution in [-0.4, -0.2) is 20.4 Å². The first kappa shape index (κ1) is 16.6. The van der Waals surface area contributed by atoms with Gasteiger partial charge in [0.1, 0.15) is 5.69 Å². The average molecular weight is 387 g/mol. The van der Waals surface area contributed by atoms with Crippen LogP contribution in [0.5, 0.6) is 0 Å². The third-order valence-corrected chi connectivity index (χ3v) is 4.60. The van der Waals surface area contributed by atoms with Gasteiger partial charge in [0, 0.05) is 10.8 Å². The van der Waals surface area contributed by atoms with Crippen LogP contribution in [0.2, 0.25) is 0 Å². The van der Waals surface area contributed by atoms with Gasteiger partial charge in [-0.15, -0.1) is 15.3 Å². The fraction of sp³-hybridized carbons (Fsp3) is 0. The Labute approximate surface area is 161 Å². The van der Waals surface area contributed by atoms with Crippen LogP contribution in [0.25, 0.3) is 21.5 Å². The van der Waals surface area contributed by atoms with Gasteiger partial charge in [-0.25, -0.2) is 0 Å². The number of rotatable bonds is 0. The van der Waals surface area contributed by atoms with Crippen molar-refractivity contribution in [2.75, 3.05) is 27.4 Å². The van der Waals surface area contributed by atoms with Gasteiger partial charge >= 0.3 is 0 Å². The number of hydrazine groups is 2. The number of nitrogen functional groups attached to an aromatic ring is 1. The summed E-state index contributed by atoms with van der Waals surface area (Å²) in [4.78, 5) is 23.1. The molecule has 0 amide bonds. The molecular formula is C18H13N9O2. The summed E-state index contributed by atoms with van der Waals surface area (Å²) in [5, 5.41) is 17.0. The summed E-state index contributed by atoms with van der Waals surface area (Å²) in [6.07, 6.45) is 1.53. The van der Waals surface area contributed by atoms with Crippen LogP contribution in [0.15, 0.2) is 52.2 Å². The lowest BCUT2D eigenvalue weighted by Gasteiger charge is -1.97. The van der Waals surface area contributed by atoms with Gasteiger partial charge in [0.2, 0.25) is 0 Å². The van der Waals surface area contributed by atoms with Crippen molar-refractivity contribution in [1.29, 1.82) is 0 Å². The van der Waals surface area contributed by atoms with Crippen LogP contribution in [0.3, 0.4) is 0 Å². The van der Waals surface area contributed by atoms with E-state index in [1.165, 1.54) is 6.20 Å². The van der Waals surface area contributed by atoms with E-state index in [-0.39, 0.29) is 16.9 Å². The SMILES string of the molecule is Nc1nnc(=O)c2cccc3c2c1NN3.O=c1nncc2c3c(cccc13)NN2. The van der Waals surface area contributed by atoms with E-state index in [9.17, 15) is 9.59 Å². The van der Waals surface area contributed by atoms with Crippen molar-refractivity contribution >= 4 is 50.1 Å². The fourth-order valence-corrected chi connectivity index (χ4v) is 3.30. The molecule has 2 aliphatic heterocycles. The van der Waals surface area contributed by atoms with E-state index in [1.807, 2.05) is 18.2 Å². The monoisotopic (exact) mass is 387 g/mol. The van der Waals surface area contributed by atoms with Crippen molar-refractivity contribution in [3.8, 4) is 0 Å². The summed E-state index contributed by atoms with van der Waals surface area (Å²) in [5.74, 6) is 0.208. The first-order valence-corrected chi connectivity index (χ1v) is 8.55. The van der Waals surface area contributed by atoms with Gasteiger partial charge in [0.25, 0.3) is 11.1 Å². The Morgan fingerprint density at radius 2 is 1.31 bits per heavy atom. The summed E-state index contributed by atoms with van der Waals surface area (Å²) in [7, 11) is 0. The molecule has 0 bridgehead atoms. The van der Waals surface area contributed by atoms with E-state index in [0.29, 0.717) is 16.5 Å². The molecule has 6 N–H and O–H groups in total.